The minimum absolute atomic E-state index is 0.807. The van der Waals surface area contributed by atoms with E-state index in [0.717, 1.165) is 6.04 Å². The summed E-state index contributed by atoms with van der Waals surface area (Å²) in [7, 11) is 2.24. The van der Waals surface area contributed by atoms with E-state index in [1.54, 1.807) is 0 Å². The van der Waals surface area contributed by atoms with Gasteiger partial charge in [0.1, 0.15) is 0 Å². The van der Waals surface area contributed by atoms with E-state index in [4.69, 9.17) is 0 Å². The van der Waals surface area contributed by atoms with Crippen LogP contribution < -0.4 is 5.32 Å². The third-order valence-electron chi connectivity index (χ3n) is 2.76. The molecule has 72 valence electrons. The second kappa shape index (κ2) is 5.55. The van der Waals surface area contributed by atoms with Gasteiger partial charge in [-0.05, 0) is 39.4 Å². The Bertz CT molecular complexity index is 114. The standard InChI is InChI=1S/C10H22N2/c1-3-4-7-11-9-10-6-5-8-12(10)2/h10-11H,3-9H2,1-2H3/t10-/m1/s1. The Labute approximate surface area is 76.3 Å². The zero-order chi connectivity index (χ0) is 8.81. The van der Waals surface area contributed by atoms with Crippen LogP contribution in [0.4, 0.5) is 0 Å². The molecule has 1 heterocycles. The van der Waals surface area contributed by atoms with Crippen molar-refractivity contribution >= 4 is 0 Å². The van der Waals surface area contributed by atoms with Crippen molar-refractivity contribution in [1.29, 1.82) is 0 Å². The van der Waals surface area contributed by atoms with Crippen molar-refractivity contribution in [1.82, 2.24) is 10.2 Å². The van der Waals surface area contributed by atoms with Crippen LogP contribution in [0.15, 0.2) is 0 Å². The number of nitrogens with zero attached hydrogens (tertiary/aromatic N) is 1. The van der Waals surface area contributed by atoms with E-state index in [1.165, 1.54) is 45.3 Å². The van der Waals surface area contributed by atoms with Crippen LogP contribution in [0, 0.1) is 0 Å². The first kappa shape index (κ1) is 10.0. The van der Waals surface area contributed by atoms with Crippen LogP contribution in [0.25, 0.3) is 0 Å². The lowest BCUT2D eigenvalue weighted by Crippen LogP contribution is -2.35. The highest BCUT2D eigenvalue weighted by molar-refractivity contribution is 4.77. The van der Waals surface area contributed by atoms with Gasteiger partial charge in [0.2, 0.25) is 0 Å². The summed E-state index contributed by atoms with van der Waals surface area (Å²) >= 11 is 0. The van der Waals surface area contributed by atoms with E-state index in [9.17, 15) is 0 Å². The van der Waals surface area contributed by atoms with E-state index in [2.05, 4.69) is 24.2 Å². The second-order valence-corrected chi connectivity index (χ2v) is 3.83. The summed E-state index contributed by atoms with van der Waals surface area (Å²) in [6, 6.07) is 0.807. The van der Waals surface area contributed by atoms with Crippen LogP contribution >= 0.6 is 0 Å². The van der Waals surface area contributed by atoms with Gasteiger partial charge in [0, 0.05) is 12.6 Å². The number of nitrogens with one attached hydrogen (secondary N) is 1. The van der Waals surface area contributed by atoms with Gasteiger partial charge in [-0.2, -0.15) is 0 Å². The monoisotopic (exact) mass is 170 g/mol. The Kier molecular flexibility index (Phi) is 4.62. The molecule has 1 aliphatic rings. The molecule has 0 aromatic heterocycles. The van der Waals surface area contributed by atoms with Crippen LogP contribution in [0.2, 0.25) is 0 Å². The van der Waals surface area contributed by atoms with Crippen molar-refractivity contribution < 1.29 is 0 Å². The van der Waals surface area contributed by atoms with Gasteiger partial charge >= 0.3 is 0 Å². The molecule has 1 rings (SSSR count). The average Bonchev–Trinajstić information content (AvgIpc) is 2.46. The molecule has 2 nitrogen and oxygen atoms in total. The summed E-state index contributed by atoms with van der Waals surface area (Å²) in [5, 5.41) is 3.52. The topological polar surface area (TPSA) is 15.3 Å². The Morgan fingerprint density at radius 3 is 2.92 bits per heavy atom. The number of hydrogen-bond donors (Lipinski definition) is 1. The number of likely N-dealkylation sites (tertiary alicyclic amines) is 1. The van der Waals surface area contributed by atoms with Crippen molar-refractivity contribution in [2.75, 3.05) is 26.7 Å². The van der Waals surface area contributed by atoms with Gasteiger partial charge in [0.25, 0.3) is 0 Å². The first-order chi connectivity index (χ1) is 5.84. The van der Waals surface area contributed by atoms with Crippen molar-refractivity contribution in [3.63, 3.8) is 0 Å². The maximum Gasteiger partial charge on any atom is 0.0218 e. The molecule has 1 N–H and O–H groups in total. The maximum absolute atomic E-state index is 3.52. The van der Waals surface area contributed by atoms with E-state index in [1.807, 2.05) is 0 Å². The minimum Gasteiger partial charge on any atom is -0.315 e. The smallest absolute Gasteiger partial charge is 0.0218 e. The fraction of sp³-hybridized carbons (Fsp3) is 1.00. The summed E-state index contributed by atoms with van der Waals surface area (Å²) in [4.78, 5) is 2.47. The maximum atomic E-state index is 3.52. The molecule has 1 saturated heterocycles. The lowest BCUT2D eigenvalue weighted by molar-refractivity contribution is 0.300. The highest BCUT2D eigenvalue weighted by Crippen LogP contribution is 2.13. The predicted octanol–water partition coefficient (Wildman–Crippen LogP) is 1.47. The number of hydrogen-bond acceptors (Lipinski definition) is 2. The Hall–Kier alpha value is -0.0800. The first-order valence-corrected chi connectivity index (χ1v) is 5.25. The summed E-state index contributed by atoms with van der Waals surface area (Å²) < 4.78 is 0. The van der Waals surface area contributed by atoms with Crippen molar-refractivity contribution in [3.05, 3.63) is 0 Å². The molecule has 0 aromatic rings. The highest BCUT2D eigenvalue weighted by atomic mass is 15.2. The van der Waals surface area contributed by atoms with Crippen molar-refractivity contribution in [3.8, 4) is 0 Å². The quantitative estimate of drug-likeness (QED) is 0.629. The number of likely N-dealkylation sites (N-methyl/N-ethyl adjacent to an activating group) is 1. The molecular weight excluding hydrogens is 148 g/mol. The molecule has 0 aromatic carbocycles. The molecule has 0 aliphatic carbocycles. The molecule has 2 heteroatoms. The minimum atomic E-state index is 0.807. The molecule has 0 radical (unpaired) electrons. The fourth-order valence-electron chi connectivity index (χ4n) is 1.81. The summed E-state index contributed by atoms with van der Waals surface area (Å²) in [5.41, 5.74) is 0. The lowest BCUT2D eigenvalue weighted by atomic mass is 10.2. The van der Waals surface area contributed by atoms with E-state index < -0.39 is 0 Å². The van der Waals surface area contributed by atoms with Crippen molar-refractivity contribution in [2.45, 2.75) is 38.6 Å². The molecule has 0 bridgehead atoms. The molecule has 0 amide bonds. The van der Waals surface area contributed by atoms with E-state index in [-0.39, 0.29) is 0 Å². The molecule has 0 spiro atoms. The zero-order valence-electron chi connectivity index (χ0n) is 8.47. The highest BCUT2D eigenvalue weighted by Gasteiger charge is 2.19. The van der Waals surface area contributed by atoms with Gasteiger partial charge in [-0.1, -0.05) is 13.3 Å². The predicted molar refractivity (Wildman–Crippen MR) is 53.4 cm³/mol. The van der Waals surface area contributed by atoms with Crippen LogP contribution in [0.3, 0.4) is 0 Å². The van der Waals surface area contributed by atoms with Crippen molar-refractivity contribution in [2.24, 2.45) is 0 Å². The second-order valence-electron chi connectivity index (χ2n) is 3.83. The fourth-order valence-corrected chi connectivity index (χ4v) is 1.81. The first-order valence-electron chi connectivity index (χ1n) is 5.25. The number of unbranched alkanes of at least 4 members (excludes halogenated alkanes) is 1. The molecule has 1 fully saturated rings. The van der Waals surface area contributed by atoms with Crippen LogP contribution in [0.1, 0.15) is 32.6 Å². The molecule has 1 atom stereocenters. The molecule has 0 saturated carbocycles. The normalized spacial score (nSPS) is 25.0. The largest absolute Gasteiger partial charge is 0.315 e. The van der Waals surface area contributed by atoms with E-state index in [0.29, 0.717) is 0 Å². The van der Waals surface area contributed by atoms with E-state index >= 15 is 0 Å². The Balaban J connectivity index is 1.98. The Morgan fingerprint density at radius 1 is 1.50 bits per heavy atom. The lowest BCUT2D eigenvalue weighted by Gasteiger charge is -2.19. The van der Waals surface area contributed by atoms with Gasteiger partial charge < -0.3 is 10.2 Å². The van der Waals surface area contributed by atoms with Gasteiger partial charge in [-0.15, -0.1) is 0 Å². The molecular formula is C10H22N2. The molecule has 0 unspecified atom stereocenters. The van der Waals surface area contributed by atoms with Gasteiger partial charge in [0.05, 0.1) is 0 Å². The van der Waals surface area contributed by atoms with Crippen LogP contribution in [-0.2, 0) is 0 Å². The van der Waals surface area contributed by atoms with Gasteiger partial charge in [0.15, 0.2) is 0 Å². The SMILES string of the molecule is CCCCNC[C@H]1CCCN1C. The molecule has 12 heavy (non-hydrogen) atoms. The van der Waals surface area contributed by atoms with Gasteiger partial charge in [-0.3, -0.25) is 0 Å². The zero-order valence-corrected chi connectivity index (χ0v) is 8.47. The third-order valence-corrected chi connectivity index (χ3v) is 2.76. The Morgan fingerprint density at radius 2 is 2.33 bits per heavy atom. The van der Waals surface area contributed by atoms with Crippen LogP contribution in [0.5, 0.6) is 0 Å². The molecule has 1 aliphatic heterocycles. The summed E-state index contributed by atoms with van der Waals surface area (Å²) in [5.74, 6) is 0. The average molecular weight is 170 g/mol. The van der Waals surface area contributed by atoms with Gasteiger partial charge in [-0.25, -0.2) is 0 Å². The third kappa shape index (κ3) is 3.11. The van der Waals surface area contributed by atoms with Crippen LogP contribution in [-0.4, -0.2) is 37.6 Å². The summed E-state index contributed by atoms with van der Waals surface area (Å²) in [6.45, 7) is 5.92. The summed E-state index contributed by atoms with van der Waals surface area (Å²) in [6.07, 6.45) is 5.39. The number of rotatable bonds is 5.